The van der Waals surface area contributed by atoms with Gasteiger partial charge < -0.3 is 10.1 Å². The molecule has 0 aromatic heterocycles. The van der Waals surface area contributed by atoms with Crippen molar-refractivity contribution in [3.8, 4) is 0 Å². The largest absolute Gasteiger partial charge is 0.453 e. The molecular formula is C20H26N2O5. The van der Waals surface area contributed by atoms with Crippen molar-refractivity contribution in [1.29, 1.82) is 0 Å². The smallest absolute Gasteiger partial charge is 0.321 e. The number of rotatable bonds is 7. The molecule has 1 aromatic carbocycles. The molecule has 27 heavy (non-hydrogen) atoms. The maximum Gasteiger partial charge on any atom is 0.321 e. The lowest BCUT2D eigenvalue weighted by molar-refractivity contribution is -0.154. The summed E-state index contributed by atoms with van der Waals surface area (Å²) in [6, 6.07) is 6.58. The first-order chi connectivity index (χ1) is 12.8. The van der Waals surface area contributed by atoms with Crippen LogP contribution in [0.4, 0.5) is 4.79 Å². The van der Waals surface area contributed by atoms with Gasteiger partial charge in [0.15, 0.2) is 11.9 Å². The van der Waals surface area contributed by atoms with Crippen molar-refractivity contribution in [1.82, 2.24) is 10.6 Å². The highest BCUT2D eigenvalue weighted by molar-refractivity contribution is 5.98. The Bertz CT molecular complexity index is 693. The van der Waals surface area contributed by atoms with Crippen molar-refractivity contribution in [2.75, 3.05) is 0 Å². The third-order valence-electron chi connectivity index (χ3n) is 4.53. The Kier molecular flexibility index (Phi) is 7.52. The molecule has 0 spiro atoms. The number of Topliss-reactive ketones (excluding diaryl/α,β-unsaturated/α-hetero) is 1. The number of hydrogen-bond acceptors (Lipinski definition) is 5. The van der Waals surface area contributed by atoms with Gasteiger partial charge in [0.2, 0.25) is 0 Å². The Morgan fingerprint density at radius 2 is 1.70 bits per heavy atom. The Morgan fingerprint density at radius 1 is 1.07 bits per heavy atom. The van der Waals surface area contributed by atoms with Gasteiger partial charge in [-0.1, -0.05) is 42.7 Å². The number of esters is 1. The predicted molar refractivity (Wildman–Crippen MR) is 99.2 cm³/mol. The van der Waals surface area contributed by atoms with Crippen LogP contribution in [0.15, 0.2) is 24.3 Å². The molecule has 1 aromatic rings. The standard InChI is InChI=1S/C20H26N2O5/c1-13-7-9-15(10-8-13)17(23)11-12-18(24)27-14(2)19(25)22-20(26)21-16-5-3-4-6-16/h7-10,14,16H,3-6,11-12H2,1-2H3,(H2,21,22,25,26)/t14-/m1/s1. The van der Waals surface area contributed by atoms with Crippen LogP contribution in [0, 0.1) is 6.92 Å². The van der Waals surface area contributed by atoms with E-state index in [0.717, 1.165) is 31.2 Å². The minimum absolute atomic E-state index is 0.00159. The molecule has 0 heterocycles. The zero-order chi connectivity index (χ0) is 19.8. The summed E-state index contributed by atoms with van der Waals surface area (Å²) in [6.07, 6.45) is 2.70. The van der Waals surface area contributed by atoms with E-state index in [1.165, 1.54) is 6.92 Å². The van der Waals surface area contributed by atoms with Crippen LogP contribution < -0.4 is 10.6 Å². The fourth-order valence-electron chi connectivity index (χ4n) is 2.91. The van der Waals surface area contributed by atoms with Crippen LogP contribution in [0.3, 0.4) is 0 Å². The molecule has 0 radical (unpaired) electrons. The Hall–Kier alpha value is -2.70. The average Bonchev–Trinajstić information content (AvgIpc) is 3.13. The summed E-state index contributed by atoms with van der Waals surface area (Å²) in [5.74, 6) is -1.52. The average molecular weight is 374 g/mol. The molecule has 0 saturated heterocycles. The molecule has 0 bridgehead atoms. The molecule has 146 valence electrons. The van der Waals surface area contributed by atoms with Crippen molar-refractivity contribution in [2.24, 2.45) is 0 Å². The Labute approximate surface area is 158 Å². The summed E-state index contributed by atoms with van der Waals surface area (Å²) in [6.45, 7) is 3.31. The number of imide groups is 1. The number of urea groups is 1. The monoisotopic (exact) mass is 374 g/mol. The van der Waals surface area contributed by atoms with E-state index in [4.69, 9.17) is 4.74 Å². The summed E-state index contributed by atoms with van der Waals surface area (Å²) < 4.78 is 5.01. The summed E-state index contributed by atoms with van der Waals surface area (Å²) in [5.41, 5.74) is 1.57. The summed E-state index contributed by atoms with van der Waals surface area (Å²) in [7, 11) is 0. The number of ketones is 1. The number of benzene rings is 1. The number of carbonyl (C=O) groups excluding carboxylic acids is 4. The van der Waals surface area contributed by atoms with Gasteiger partial charge in [-0.2, -0.15) is 0 Å². The number of carbonyl (C=O) groups is 4. The molecule has 1 saturated carbocycles. The van der Waals surface area contributed by atoms with Gasteiger partial charge in [0.05, 0.1) is 6.42 Å². The van der Waals surface area contributed by atoms with E-state index in [9.17, 15) is 19.2 Å². The van der Waals surface area contributed by atoms with Crippen LogP contribution in [0.1, 0.15) is 61.4 Å². The van der Waals surface area contributed by atoms with Crippen molar-refractivity contribution in [2.45, 2.75) is 64.5 Å². The van der Waals surface area contributed by atoms with Crippen molar-refractivity contribution in [3.05, 3.63) is 35.4 Å². The summed E-state index contributed by atoms with van der Waals surface area (Å²) in [5, 5.41) is 4.90. The summed E-state index contributed by atoms with van der Waals surface area (Å²) >= 11 is 0. The van der Waals surface area contributed by atoms with E-state index in [-0.39, 0.29) is 24.7 Å². The number of hydrogen-bond donors (Lipinski definition) is 2. The Morgan fingerprint density at radius 3 is 2.33 bits per heavy atom. The van der Waals surface area contributed by atoms with Gasteiger partial charge >= 0.3 is 12.0 Å². The maximum atomic E-state index is 12.1. The van der Waals surface area contributed by atoms with Crippen LogP contribution in [-0.4, -0.2) is 35.8 Å². The zero-order valence-electron chi connectivity index (χ0n) is 15.7. The molecule has 1 aliphatic carbocycles. The zero-order valence-corrected chi connectivity index (χ0v) is 15.7. The van der Waals surface area contributed by atoms with Crippen molar-refractivity contribution < 1.29 is 23.9 Å². The Balaban J connectivity index is 1.70. The summed E-state index contributed by atoms with van der Waals surface area (Å²) in [4.78, 5) is 47.6. The first-order valence-corrected chi connectivity index (χ1v) is 9.26. The van der Waals surface area contributed by atoms with Crippen molar-refractivity contribution in [3.63, 3.8) is 0 Å². The highest BCUT2D eigenvalue weighted by Crippen LogP contribution is 2.17. The van der Waals surface area contributed by atoms with E-state index in [2.05, 4.69) is 10.6 Å². The molecule has 2 N–H and O–H groups in total. The normalized spacial score (nSPS) is 15.0. The highest BCUT2D eigenvalue weighted by atomic mass is 16.5. The molecule has 1 aliphatic rings. The van der Waals surface area contributed by atoms with Crippen LogP contribution >= 0.6 is 0 Å². The van der Waals surface area contributed by atoms with E-state index >= 15 is 0 Å². The van der Waals surface area contributed by atoms with Crippen LogP contribution in [0.2, 0.25) is 0 Å². The number of ether oxygens (including phenoxy) is 1. The van der Waals surface area contributed by atoms with Crippen LogP contribution in [-0.2, 0) is 14.3 Å². The topological polar surface area (TPSA) is 102 Å². The molecule has 3 amide bonds. The van der Waals surface area contributed by atoms with Gasteiger partial charge in [-0.15, -0.1) is 0 Å². The molecule has 7 nitrogen and oxygen atoms in total. The van der Waals surface area contributed by atoms with Crippen LogP contribution in [0.25, 0.3) is 0 Å². The van der Waals surface area contributed by atoms with Gasteiger partial charge in [-0.25, -0.2) is 4.79 Å². The van der Waals surface area contributed by atoms with E-state index in [1.807, 2.05) is 19.1 Å². The number of amides is 3. The van der Waals surface area contributed by atoms with Gasteiger partial charge in [0.25, 0.3) is 5.91 Å². The first kappa shape index (κ1) is 20.6. The number of nitrogens with one attached hydrogen (secondary N) is 2. The maximum absolute atomic E-state index is 12.1. The minimum atomic E-state index is -1.11. The second-order valence-corrected chi connectivity index (χ2v) is 6.87. The molecule has 2 rings (SSSR count). The molecule has 7 heteroatoms. The lowest BCUT2D eigenvalue weighted by Gasteiger charge is -2.15. The molecule has 1 fully saturated rings. The number of aryl methyl sites for hydroxylation is 1. The van der Waals surface area contributed by atoms with E-state index < -0.39 is 24.0 Å². The molecular weight excluding hydrogens is 348 g/mol. The van der Waals surface area contributed by atoms with Gasteiger partial charge in [0, 0.05) is 18.0 Å². The lowest BCUT2D eigenvalue weighted by Crippen LogP contribution is -2.47. The molecule has 0 unspecified atom stereocenters. The van der Waals surface area contributed by atoms with Crippen LogP contribution in [0.5, 0.6) is 0 Å². The highest BCUT2D eigenvalue weighted by Gasteiger charge is 2.23. The van der Waals surface area contributed by atoms with Gasteiger partial charge in [-0.05, 0) is 26.7 Å². The van der Waals surface area contributed by atoms with Crippen molar-refractivity contribution >= 4 is 23.7 Å². The second-order valence-electron chi connectivity index (χ2n) is 6.87. The SMILES string of the molecule is Cc1ccc(C(=O)CCC(=O)O[C@H](C)C(=O)NC(=O)NC2CCCC2)cc1. The van der Waals surface area contributed by atoms with Gasteiger partial charge in [-0.3, -0.25) is 19.7 Å². The third kappa shape index (κ3) is 6.84. The second kappa shape index (κ2) is 9.85. The fraction of sp³-hybridized carbons (Fsp3) is 0.500. The predicted octanol–water partition coefficient (Wildman–Crippen LogP) is 2.66. The van der Waals surface area contributed by atoms with E-state index in [0.29, 0.717) is 5.56 Å². The fourth-order valence-corrected chi connectivity index (χ4v) is 2.91. The lowest BCUT2D eigenvalue weighted by atomic mass is 10.1. The quantitative estimate of drug-likeness (QED) is 0.564. The van der Waals surface area contributed by atoms with Gasteiger partial charge in [0.1, 0.15) is 0 Å². The third-order valence-corrected chi connectivity index (χ3v) is 4.53. The minimum Gasteiger partial charge on any atom is -0.453 e. The molecule has 1 atom stereocenters. The first-order valence-electron chi connectivity index (χ1n) is 9.26. The van der Waals surface area contributed by atoms with E-state index in [1.54, 1.807) is 12.1 Å². The molecule has 0 aliphatic heterocycles.